The lowest BCUT2D eigenvalue weighted by Crippen LogP contribution is -2.38. The Labute approximate surface area is 133 Å². The molecule has 7 heteroatoms. The van der Waals surface area contributed by atoms with E-state index in [0.29, 0.717) is 24.5 Å². The summed E-state index contributed by atoms with van der Waals surface area (Å²) in [5.41, 5.74) is -0.743. The van der Waals surface area contributed by atoms with Crippen molar-refractivity contribution in [3.63, 3.8) is 0 Å². The number of carbonyl (C=O) groups is 3. The van der Waals surface area contributed by atoms with Gasteiger partial charge in [-0.25, -0.2) is 0 Å². The van der Waals surface area contributed by atoms with Gasteiger partial charge in [0.15, 0.2) is 6.61 Å². The number of hydrogen-bond donors (Lipinski definition) is 1. The molecule has 2 heterocycles. The van der Waals surface area contributed by atoms with Gasteiger partial charge in [0, 0.05) is 19.5 Å². The van der Waals surface area contributed by atoms with Crippen LogP contribution in [-0.2, 0) is 14.4 Å². The first-order valence-electron chi connectivity index (χ1n) is 7.41. The molecule has 0 bridgehead atoms. The van der Waals surface area contributed by atoms with E-state index >= 15 is 0 Å². The van der Waals surface area contributed by atoms with Gasteiger partial charge in [0.1, 0.15) is 11.5 Å². The summed E-state index contributed by atoms with van der Waals surface area (Å²) in [4.78, 5) is 37.1. The summed E-state index contributed by atoms with van der Waals surface area (Å²) < 4.78 is 10.5. The number of ether oxygens (including phenoxy) is 2. The molecule has 1 N–H and O–H groups in total. The minimum atomic E-state index is -0.743. The van der Waals surface area contributed by atoms with Crippen molar-refractivity contribution in [2.45, 2.75) is 12.8 Å². The lowest BCUT2D eigenvalue weighted by Gasteiger charge is -2.20. The molecule has 3 rings (SSSR count). The van der Waals surface area contributed by atoms with Crippen LogP contribution in [0.25, 0.3) is 0 Å². The summed E-state index contributed by atoms with van der Waals surface area (Å²) in [5.74, 6) is 0.557. The van der Waals surface area contributed by atoms with Crippen molar-refractivity contribution in [3.05, 3.63) is 24.3 Å². The van der Waals surface area contributed by atoms with Crippen LogP contribution >= 0.6 is 0 Å². The third-order valence-electron chi connectivity index (χ3n) is 4.36. The van der Waals surface area contributed by atoms with Gasteiger partial charge in [0.25, 0.3) is 5.91 Å². The van der Waals surface area contributed by atoms with Crippen LogP contribution in [0.15, 0.2) is 24.3 Å². The van der Waals surface area contributed by atoms with Crippen LogP contribution in [0.3, 0.4) is 0 Å². The summed E-state index contributed by atoms with van der Waals surface area (Å²) in [5, 5.41) is 2.32. The third-order valence-corrected chi connectivity index (χ3v) is 4.36. The fraction of sp³-hybridized carbons (Fsp3) is 0.438. The van der Waals surface area contributed by atoms with Gasteiger partial charge < -0.3 is 14.4 Å². The number of amides is 3. The molecular weight excluding hydrogens is 300 g/mol. The molecule has 1 aromatic rings. The highest BCUT2D eigenvalue weighted by Crippen LogP contribution is 2.37. The minimum Gasteiger partial charge on any atom is -0.497 e. The summed E-state index contributed by atoms with van der Waals surface area (Å²) in [7, 11) is 1.58. The van der Waals surface area contributed by atoms with Gasteiger partial charge in [-0.05, 0) is 30.7 Å². The fourth-order valence-corrected chi connectivity index (χ4v) is 3.01. The molecule has 2 fully saturated rings. The molecule has 1 spiro atoms. The van der Waals surface area contributed by atoms with Crippen LogP contribution in [0.2, 0.25) is 0 Å². The second-order valence-corrected chi connectivity index (χ2v) is 5.86. The monoisotopic (exact) mass is 318 g/mol. The number of hydrogen-bond acceptors (Lipinski definition) is 5. The molecule has 122 valence electrons. The molecule has 0 aromatic heterocycles. The Morgan fingerprint density at radius 2 is 1.96 bits per heavy atom. The zero-order chi connectivity index (χ0) is 16.4. The Morgan fingerprint density at radius 3 is 2.57 bits per heavy atom. The molecule has 7 nitrogen and oxygen atoms in total. The van der Waals surface area contributed by atoms with Crippen molar-refractivity contribution < 1.29 is 23.9 Å². The van der Waals surface area contributed by atoms with Crippen molar-refractivity contribution in [1.82, 2.24) is 10.2 Å². The van der Waals surface area contributed by atoms with Crippen LogP contribution in [-0.4, -0.2) is 49.4 Å². The van der Waals surface area contributed by atoms with E-state index in [-0.39, 0.29) is 37.3 Å². The van der Waals surface area contributed by atoms with Crippen molar-refractivity contribution in [2.75, 3.05) is 26.8 Å². The maximum atomic E-state index is 12.2. The molecule has 3 amide bonds. The van der Waals surface area contributed by atoms with E-state index in [9.17, 15) is 14.4 Å². The topological polar surface area (TPSA) is 84.9 Å². The Morgan fingerprint density at radius 1 is 1.26 bits per heavy atom. The summed E-state index contributed by atoms with van der Waals surface area (Å²) >= 11 is 0. The highest BCUT2D eigenvalue weighted by atomic mass is 16.5. The van der Waals surface area contributed by atoms with Gasteiger partial charge in [-0.15, -0.1) is 0 Å². The zero-order valence-corrected chi connectivity index (χ0v) is 12.8. The number of likely N-dealkylation sites (tertiary alicyclic amines) is 1. The van der Waals surface area contributed by atoms with Crippen molar-refractivity contribution in [3.8, 4) is 11.5 Å². The predicted octanol–water partition coefficient (Wildman–Crippen LogP) is 0.339. The smallest absolute Gasteiger partial charge is 0.260 e. The lowest BCUT2D eigenvalue weighted by molar-refractivity contribution is -0.133. The molecule has 2 saturated heterocycles. The van der Waals surface area contributed by atoms with Crippen LogP contribution < -0.4 is 14.8 Å². The largest absolute Gasteiger partial charge is 0.497 e. The van der Waals surface area contributed by atoms with Gasteiger partial charge in [0.05, 0.1) is 12.5 Å². The molecule has 0 radical (unpaired) electrons. The van der Waals surface area contributed by atoms with Crippen molar-refractivity contribution >= 4 is 17.7 Å². The highest BCUT2D eigenvalue weighted by molar-refractivity contribution is 6.06. The maximum absolute atomic E-state index is 12.2. The minimum absolute atomic E-state index is 0.0992. The van der Waals surface area contributed by atoms with Gasteiger partial charge in [-0.1, -0.05) is 0 Å². The van der Waals surface area contributed by atoms with E-state index in [4.69, 9.17) is 9.47 Å². The van der Waals surface area contributed by atoms with E-state index in [2.05, 4.69) is 5.32 Å². The summed E-state index contributed by atoms with van der Waals surface area (Å²) in [6.07, 6.45) is 0.674. The zero-order valence-electron chi connectivity index (χ0n) is 12.8. The number of methoxy groups -OCH3 is 1. The van der Waals surface area contributed by atoms with Gasteiger partial charge >= 0.3 is 0 Å². The van der Waals surface area contributed by atoms with E-state index in [1.54, 1.807) is 36.3 Å². The number of nitrogens with one attached hydrogen (secondary N) is 1. The van der Waals surface area contributed by atoms with Gasteiger partial charge in [0.2, 0.25) is 11.8 Å². The van der Waals surface area contributed by atoms with Crippen LogP contribution in [0.1, 0.15) is 12.8 Å². The first kappa shape index (κ1) is 15.3. The van der Waals surface area contributed by atoms with Crippen molar-refractivity contribution in [2.24, 2.45) is 5.41 Å². The molecule has 1 unspecified atom stereocenters. The SMILES string of the molecule is COc1ccc(OCC(=O)N2CCC3(CC(=O)NC3=O)C2)cc1. The molecule has 0 aliphatic carbocycles. The summed E-state index contributed by atoms with van der Waals surface area (Å²) in [6.45, 7) is 0.638. The van der Waals surface area contributed by atoms with Gasteiger partial charge in [-0.2, -0.15) is 0 Å². The molecular formula is C16H18N2O5. The Balaban J connectivity index is 1.55. The van der Waals surface area contributed by atoms with Crippen LogP contribution in [0, 0.1) is 5.41 Å². The highest BCUT2D eigenvalue weighted by Gasteiger charge is 2.51. The normalized spacial score (nSPS) is 23.3. The van der Waals surface area contributed by atoms with E-state index in [0.717, 1.165) is 0 Å². The molecule has 2 aliphatic heterocycles. The first-order chi connectivity index (χ1) is 11.0. The average Bonchev–Trinajstić information content (AvgIpc) is 3.09. The van der Waals surface area contributed by atoms with Crippen molar-refractivity contribution in [1.29, 1.82) is 0 Å². The Hall–Kier alpha value is -2.57. The quantitative estimate of drug-likeness (QED) is 0.809. The average molecular weight is 318 g/mol. The van der Waals surface area contributed by atoms with E-state index < -0.39 is 5.41 Å². The fourth-order valence-electron chi connectivity index (χ4n) is 3.01. The number of nitrogens with zero attached hydrogens (tertiary/aromatic N) is 1. The van der Waals surface area contributed by atoms with Gasteiger partial charge in [-0.3, -0.25) is 19.7 Å². The van der Waals surface area contributed by atoms with E-state index in [1.807, 2.05) is 0 Å². The van der Waals surface area contributed by atoms with E-state index in [1.165, 1.54) is 0 Å². The third kappa shape index (κ3) is 2.99. The number of imide groups is 1. The molecule has 1 atom stereocenters. The predicted molar refractivity (Wildman–Crippen MR) is 79.9 cm³/mol. The Kier molecular flexibility index (Phi) is 3.94. The van der Waals surface area contributed by atoms with Crippen LogP contribution in [0.4, 0.5) is 0 Å². The molecule has 23 heavy (non-hydrogen) atoms. The summed E-state index contributed by atoms with van der Waals surface area (Å²) in [6, 6.07) is 6.94. The number of rotatable bonds is 4. The lowest BCUT2D eigenvalue weighted by atomic mass is 9.85. The second-order valence-electron chi connectivity index (χ2n) is 5.86. The standard InChI is InChI=1S/C16H18N2O5/c1-22-11-2-4-12(5-3-11)23-9-14(20)18-7-6-16(10-18)8-13(19)17-15(16)21/h2-5H,6-10H2,1H3,(H,17,19,21). The number of carbonyl (C=O) groups excluding carboxylic acids is 3. The maximum Gasteiger partial charge on any atom is 0.260 e. The first-order valence-corrected chi connectivity index (χ1v) is 7.41. The molecule has 0 saturated carbocycles. The second kappa shape index (κ2) is 5.91. The molecule has 1 aromatic carbocycles. The number of benzene rings is 1. The van der Waals surface area contributed by atoms with Crippen LogP contribution in [0.5, 0.6) is 11.5 Å². The Bertz CT molecular complexity index is 642. The molecule has 2 aliphatic rings.